The lowest BCUT2D eigenvalue weighted by molar-refractivity contribution is -0.0498. The van der Waals surface area contributed by atoms with Gasteiger partial charge in [-0.15, -0.1) is 0 Å². The summed E-state index contributed by atoms with van der Waals surface area (Å²) in [5.74, 6) is 0.152. The van der Waals surface area contributed by atoms with Crippen molar-refractivity contribution < 1.29 is 18.6 Å². The molecule has 2 rings (SSSR count). The van der Waals surface area contributed by atoms with E-state index in [0.29, 0.717) is 6.42 Å². The van der Waals surface area contributed by atoms with E-state index in [2.05, 4.69) is 10.1 Å². The first-order valence-electron chi connectivity index (χ1n) is 7.09. The molecule has 2 aromatic rings. The van der Waals surface area contributed by atoms with Crippen LogP contribution >= 0.6 is 0 Å². The molecule has 0 fully saturated rings. The number of halogens is 2. The summed E-state index contributed by atoms with van der Waals surface area (Å²) >= 11 is 0. The second-order valence-corrected chi connectivity index (χ2v) is 4.99. The maximum atomic E-state index is 12.2. The van der Waals surface area contributed by atoms with E-state index < -0.39 is 6.61 Å². The molecule has 0 aliphatic heterocycles. The van der Waals surface area contributed by atoms with Gasteiger partial charge in [0.05, 0.1) is 0 Å². The van der Waals surface area contributed by atoms with Crippen molar-refractivity contribution in [1.82, 2.24) is 0 Å². The van der Waals surface area contributed by atoms with Gasteiger partial charge >= 0.3 is 6.61 Å². The number of rotatable bonds is 7. The van der Waals surface area contributed by atoms with E-state index in [0.717, 1.165) is 16.8 Å². The van der Waals surface area contributed by atoms with Crippen LogP contribution in [-0.2, 0) is 6.42 Å². The first-order valence-corrected chi connectivity index (χ1v) is 7.09. The highest BCUT2D eigenvalue weighted by Gasteiger charge is 2.09. The Bertz CT molecular complexity index is 587. The van der Waals surface area contributed by atoms with Gasteiger partial charge in [0.1, 0.15) is 5.75 Å². The van der Waals surface area contributed by atoms with Gasteiger partial charge in [-0.1, -0.05) is 24.3 Å². The van der Waals surface area contributed by atoms with E-state index in [-0.39, 0.29) is 18.4 Å². The Hall–Kier alpha value is -2.14. The molecule has 0 aliphatic carbocycles. The van der Waals surface area contributed by atoms with E-state index >= 15 is 0 Å². The van der Waals surface area contributed by atoms with Crippen molar-refractivity contribution in [3.63, 3.8) is 0 Å². The molecule has 3 nitrogen and oxygen atoms in total. The fourth-order valence-corrected chi connectivity index (χ4v) is 2.19. The van der Waals surface area contributed by atoms with Crippen LogP contribution in [0.5, 0.6) is 5.75 Å². The van der Waals surface area contributed by atoms with Crippen LogP contribution in [0.15, 0.2) is 48.5 Å². The fraction of sp³-hybridized carbons (Fsp3) is 0.294. The number of nitrogens with one attached hydrogen (secondary N) is 1. The number of hydrogen-bond donors (Lipinski definition) is 2. The molecule has 0 amide bonds. The number of benzene rings is 2. The topological polar surface area (TPSA) is 41.5 Å². The molecule has 0 saturated carbocycles. The number of ether oxygens (including phenoxy) is 1. The average Bonchev–Trinajstić information content (AvgIpc) is 2.49. The van der Waals surface area contributed by atoms with Crippen molar-refractivity contribution in [2.75, 3.05) is 11.9 Å². The van der Waals surface area contributed by atoms with Crippen LogP contribution in [0.25, 0.3) is 0 Å². The highest BCUT2D eigenvalue weighted by Crippen LogP contribution is 2.24. The number of aliphatic hydroxyl groups is 1. The third-order valence-electron chi connectivity index (χ3n) is 3.32. The van der Waals surface area contributed by atoms with Gasteiger partial charge in [0.2, 0.25) is 0 Å². The van der Waals surface area contributed by atoms with E-state index in [9.17, 15) is 8.78 Å². The summed E-state index contributed by atoms with van der Waals surface area (Å²) in [6.45, 7) is -0.749. The molecule has 22 heavy (non-hydrogen) atoms. The monoisotopic (exact) mass is 307 g/mol. The zero-order valence-electron chi connectivity index (χ0n) is 12.3. The van der Waals surface area contributed by atoms with Gasteiger partial charge in [0.15, 0.2) is 0 Å². The van der Waals surface area contributed by atoms with Gasteiger partial charge in [-0.25, -0.2) is 0 Å². The fourth-order valence-electron chi connectivity index (χ4n) is 2.19. The predicted octanol–water partition coefficient (Wildman–Crippen LogP) is 4.00. The van der Waals surface area contributed by atoms with Crippen LogP contribution in [-0.4, -0.2) is 18.3 Å². The Morgan fingerprint density at radius 2 is 1.86 bits per heavy atom. The summed E-state index contributed by atoms with van der Waals surface area (Å²) in [5, 5.41) is 12.2. The van der Waals surface area contributed by atoms with E-state index in [1.54, 1.807) is 12.1 Å². The first kappa shape index (κ1) is 16.2. The van der Waals surface area contributed by atoms with Crippen LogP contribution in [0.3, 0.4) is 0 Å². The smallest absolute Gasteiger partial charge is 0.387 e. The number of hydrogen-bond acceptors (Lipinski definition) is 3. The summed E-state index contributed by atoms with van der Waals surface area (Å²) in [6, 6.07) is 14.4. The van der Waals surface area contributed by atoms with Crippen molar-refractivity contribution in [2.45, 2.75) is 26.0 Å². The van der Waals surface area contributed by atoms with Gasteiger partial charge in [-0.3, -0.25) is 0 Å². The second-order valence-electron chi connectivity index (χ2n) is 4.99. The maximum Gasteiger partial charge on any atom is 0.387 e. The summed E-state index contributed by atoms with van der Waals surface area (Å²) in [5.41, 5.74) is 2.85. The quantitative estimate of drug-likeness (QED) is 0.812. The molecule has 5 heteroatoms. The molecular weight excluding hydrogens is 288 g/mol. The lowest BCUT2D eigenvalue weighted by Gasteiger charge is -2.17. The van der Waals surface area contributed by atoms with Crippen LogP contribution in [0.4, 0.5) is 14.5 Å². The Morgan fingerprint density at radius 1 is 1.14 bits per heavy atom. The predicted molar refractivity (Wildman–Crippen MR) is 82.3 cm³/mol. The molecule has 118 valence electrons. The Morgan fingerprint density at radius 3 is 2.50 bits per heavy atom. The van der Waals surface area contributed by atoms with Crippen LogP contribution in [0, 0.1) is 0 Å². The Kier molecular flexibility index (Phi) is 5.72. The molecule has 0 spiro atoms. The summed E-state index contributed by atoms with van der Waals surface area (Å²) in [7, 11) is 0. The number of aliphatic hydroxyl groups excluding tert-OH is 1. The molecule has 2 N–H and O–H groups in total. The first-order chi connectivity index (χ1) is 10.6. The number of alkyl halides is 2. The van der Waals surface area contributed by atoms with Crippen molar-refractivity contribution >= 4 is 5.69 Å². The maximum absolute atomic E-state index is 12.2. The standard InChI is InChI=1S/C17H19F2NO2/c1-12(14-3-2-4-16(11-14)22-17(18)19)20-15-7-5-13(6-8-15)9-10-21/h2-8,11-12,17,20-21H,9-10H2,1H3. The minimum Gasteiger partial charge on any atom is -0.435 e. The summed E-state index contributed by atoms with van der Waals surface area (Å²) < 4.78 is 28.9. The molecule has 0 aromatic heterocycles. The SMILES string of the molecule is CC(Nc1ccc(CCO)cc1)c1cccc(OC(F)F)c1. The van der Waals surface area contributed by atoms with E-state index in [1.807, 2.05) is 37.3 Å². The second kappa shape index (κ2) is 7.75. The molecule has 2 aromatic carbocycles. The Labute approximate surface area is 128 Å². The molecular formula is C17H19F2NO2. The number of anilines is 1. The van der Waals surface area contributed by atoms with Gasteiger partial charge in [-0.05, 0) is 48.7 Å². The largest absolute Gasteiger partial charge is 0.435 e. The third kappa shape index (κ3) is 4.70. The lowest BCUT2D eigenvalue weighted by atomic mass is 10.1. The van der Waals surface area contributed by atoms with E-state index in [4.69, 9.17) is 5.11 Å². The average molecular weight is 307 g/mol. The zero-order chi connectivity index (χ0) is 15.9. The van der Waals surface area contributed by atoms with Crippen LogP contribution in [0.2, 0.25) is 0 Å². The van der Waals surface area contributed by atoms with Gasteiger partial charge in [-0.2, -0.15) is 8.78 Å². The molecule has 1 atom stereocenters. The Balaban J connectivity index is 2.03. The van der Waals surface area contributed by atoms with Gasteiger partial charge in [0.25, 0.3) is 0 Å². The van der Waals surface area contributed by atoms with Crippen molar-refractivity contribution in [3.05, 3.63) is 59.7 Å². The molecule has 0 heterocycles. The van der Waals surface area contributed by atoms with Gasteiger partial charge in [0, 0.05) is 18.3 Å². The highest BCUT2D eigenvalue weighted by atomic mass is 19.3. The zero-order valence-corrected chi connectivity index (χ0v) is 12.3. The lowest BCUT2D eigenvalue weighted by Crippen LogP contribution is -2.08. The van der Waals surface area contributed by atoms with Crippen LogP contribution < -0.4 is 10.1 Å². The molecule has 0 radical (unpaired) electrons. The van der Waals surface area contributed by atoms with Gasteiger partial charge < -0.3 is 15.2 Å². The van der Waals surface area contributed by atoms with Crippen LogP contribution in [0.1, 0.15) is 24.1 Å². The third-order valence-corrected chi connectivity index (χ3v) is 3.32. The summed E-state index contributed by atoms with van der Waals surface area (Å²) in [6.07, 6.45) is 0.628. The molecule has 1 unspecified atom stereocenters. The molecule has 0 bridgehead atoms. The highest BCUT2D eigenvalue weighted by molar-refractivity contribution is 5.47. The van der Waals surface area contributed by atoms with Crippen molar-refractivity contribution in [1.29, 1.82) is 0 Å². The minimum absolute atomic E-state index is 0.0510. The molecule has 0 aliphatic rings. The molecule has 0 saturated heterocycles. The van der Waals surface area contributed by atoms with E-state index in [1.165, 1.54) is 6.07 Å². The van der Waals surface area contributed by atoms with Crippen molar-refractivity contribution in [3.8, 4) is 5.75 Å². The minimum atomic E-state index is -2.82. The summed E-state index contributed by atoms with van der Waals surface area (Å²) in [4.78, 5) is 0. The van der Waals surface area contributed by atoms with Crippen molar-refractivity contribution in [2.24, 2.45) is 0 Å². The normalized spacial score (nSPS) is 12.2.